The Balaban J connectivity index is 1.62. The van der Waals surface area contributed by atoms with Crippen LogP contribution in [0.25, 0.3) is 0 Å². The lowest BCUT2D eigenvalue weighted by Gasteiger charge is -2.36. The van der Waals surface area contributed by atoms with E-state index in [2.05, 4.69) is 58.1 Å². The molecule has 0 saturated carbocycles. The van der Waals surface area contributed by atoms with E-state index >= 15 is 0 Å². The molecule has 1 aromatic carbocycles. The van der Waals surface area contributed by atoms with Crippen LogP contribution < -0.4 is 0 Å². The number of nitrogens with one attached hydrogen (secondary N) is 1. The summed E-state index contributed by atoms with van der Waals surface area (Å²) in [6, 6.07) is 9.39. The third-order valence-corrected chi connectivity index (χ3v) is 4.34. The molecule has 3 rings (SSSR count). The molecule has 0 saturated heterocycles. The summed E-state index contributed by atoms with van der Waals surface area (Å²) in [6.07, 6.45) is 3.07. The van der Waals surface area contributed by atoms with Crippen LogP contribution in [0.3, 0.4) is 0 Å². The highest BCUT2D eigenvalue weighted by Crippen LogP contribution is 2.22. The molecule has 0 aliphatic carbocycles. The van der Waals surface area contributed by atoms with Gasteiger partial charge in [0.15, 0.2) is 0 Å². The number of aromatic amines is 1. The zero-order chi connectivity index (χ0) is 14.8. The maximum Gasteiger partial charge on any atom is 0.103 e. The van der Waals surface area contributed by atoms with Crippen LogP contribution in [0.15, 0.2) is 30.5 Å². The molecule has 1 aliphatic heterocycles. The maximum absolute atomic E-state index is 4.27. The van der Waals surface area contributed by atoms with Gasteiger partial charge in [-0.3, -0.25) is 9.80 Å². The van der Waals surface area contributed by atoms with Gasteiger partial charge in [-0.05, 0) is 38.6 Å². The lowest BCUT2D eigenvalue weighted by molar-refractivity contribution is 0.158. The van der Waals surface area contributed by atoms with E-state index in [9.17, 15) is 0 Å². The Morgan fingerprint density at radius 1 is 1.33 bits per heavy atom. The van der Waals surface area contributed by atoms with Gasteiger partial charge in [0.05, 0.1) is 0 Å². The monoisotopic (exact) mass is 284 g/mol. The van der Waals surface area contributed by atoms with Crippen molar-refractivity contribution >= 4 is 0 Å². The van der Waals surface area contributed by atoms with Crippen LogP contribution in [0.5, 0.6) is 0 Å². The molecule has 2 aromatic rings. The molecule has 0 radical (unpaired) electrons. The second-order valence-electron chi connectivity index (χ2n) is 6.23. The first-order valence-electron chi connectivity index (χ1n) is 7.58. The van der Waals surface area contributed by atoms with Gasteiger partial charge in [-0.2, -0.15) is 0 Å². The van der Waals surface area contributed by atoms with Crippen LogP contribution in [-0.2, 0) is 19.5 Å². The number of hydrogen-bond acceptors (Lipinski definition) is 3. The number of benzene rings is 1. The fraction of sp³-hybridized carbons (Fsp3) is 0.471. The van der Waals surface area contributed by atoms with Gasteiger partial charge < -0.3 is 4.98 Å². The molecule has 0 spiro atoms. The highest BCUT2D eigenvalue weighted by Gasteiger charge is 2.24. The van der Waals surface area contributed by atoms with E-state index < -0.39 is 0 Å². The Morgan fingerprint density at radius 3 is 2.81 bits per heavy atom. The summed E-state index contributed by atoms with van der Waals surface area (Å²) in [6.45, 7) is 5.04. The SMILES string of the molecule is Cc1ncc(CN(C)CC2Cc3ccccc3CN2C)[nH]1. The Kier molecular flexibility index (Phi) is 4.08. The lowest BCUT2D eigenvalue weighted by Crippen LogP contribution is -2.44. The van der Waals surface area contributed by atoms with Crippen LogP contribution >= 0.6 is 0 Å². The van der Waals surface area contributed by atoms with Crippen LogP contribution in [0.4, 0.5) is 0 Å². The average molecular weight is 284 g/mol. The summed E-state index contributed by atoms with van der Waals surface area (Å²) in [5, 5.41) is 0. The molecular formula is C17H24N4. The van der Waals surface area contributed by atoms with Crippen LogP contribution in [-0.4, -0.2) is 46.4 Å². The van der Waals surface area contributed by atoms with Gasteiger partial charge in [0.25, 0.3) is 0 Å². The second-order valence-corrected chi connectivity index (χ2v) is 6.23. The molecule has 1 atom stereocenters. The van der Waals surface area contributed by atoms with Gasteiger partial charge >= 0.3 is 0 Å². The van der Waals surface area contributed by atoms with Gasteiger partial charge in [0, 0.05) is 37.6 Å². The van der Waals surface area contributed by atoms with Crippen molar-refractivity contribution in [1.29, 1.82) is 0 Å². The third-order valence-electron chi connectivity index (χ3n) is 4.34. The molecule has 21 heavy (non-hydrogen) atoms. The Hall–Kier alpha value is -1.65. The van der Waals surface area contributed by atoms with Crippen molar-refractivity contribution in [2.75, 3.05) is 20.6 Å². The molecule has 0 fully saturated rings. The first-order chi connectivity index (χ1) is 10.1. The molecule has 4 nitrogen and oxygen atoms in total. The van der Waals surface area contributed by atoms with Crippen LogP contribution in [0.1, 0.15) is 22.6 Å². The number of imidazole rings is 1. The normalized spacial score (nSPS) is 19.0. The Labute approximate surface area is 126 Å². The maximum atomic E-state index is 4.27. The van der Waals surface area contributed by atoms with Gasteiger partial charge in [0.2, 0.25) is 0 Å². The molecule has 0 bridgehead atoms. The number of aryl methyl sites for hydroxylation is 1. The molecule has 1 unspecified atom stereocenters. The summed E-state index contributed by atoms with van der Waals surface area (Å²) in [5.74, 6) is 0.988. The minimum atomic E-state index is 0.578. The van der Waals surface area contributed by atoms with Crippen molar-refractivity contribution in [3.05, 3.63) is 53.1 Å². The van der Waals surface area contributed by atoms with Crippen LogP contribution in [0, 0.1) is 6.92 Å². The fourth-order valence-electron chi connectivity index (χ4n) is 3.19. The van der Waals surface area contributed by atoms with E-state index in [0.29, 0.717) is 6.04 Å². The minimum absolute atomic E-state index is 0.578. The highest BCUT2D eigenvalue weighted by molar-refractivity contribution is 5.30. The topological polar surface area (TPSA) is 35.2 Å². The quantitative estimate of drug-likeness (QED) is 0.935. The van der Waals surface area contributed by atoms with Crippen molar-refractivity contribution in [3.63, 3.8) is 0 Å². The van der Waals surface area contributed by atoms with E-state index in [1.54, 1.807) is 0 Å². The summed E-state index contributed by atoms with van der Waals surface area (Å²) in [4.78, 5) is 12.4. The average Bonchev–Trinajstić information content (AvgIpc) is 2.85. The molecule has 112 valence electrons. The van der Waals surface area contributed by atoms with Crippen LogP contribution in [0.2, 0.25) is 0 Å². The summed E-state index contributed by atoms with van der Waals surface area (Å²) >= 11 is 0. The van der Waals surface area contributed by atoms with E-state index in [0.717, 1.165) is 31.9 Å². The Morgan fingerprint density at radius 2 is 2.10 bits per heavy atom. The largest absolute Gasteiger partial charge is 0.345 e. The summed E-state index contributed by atoms with van der Waals surface area (Å²) in [7, 11) is 4.42. The van der Waals surface area contributed by atoms with Gasteiger partial charge in [-0.15, -0.1) is 0 Å². The number of hydrogen-bond donors (Lipinski definition) is 1. The molecule has 1 aliphatic rings. The molecule has 0 amide bonds. The van der Waals surface area contributed by atoms with Crippen molar-refractivity contribution in [2.24, 2.45) is 0 Å². The third kappa shape index (κ3) is 3.34. The van der Waals surface area contributed by atoms with Crippen molar-refractivity contribution in [1.82, 2.24) is 19.8 Å². The zero-order valence-electron chi connectivity index (χ0n) is 13.1. The van der Waals surface area contributed by atoms with E-state index in [1.807, 2.05) is 13.1 Å². The predicted molar refractivity (Wildman–Crippen MR) is 85.1 cm³/mol. The van der Waals surface area contributed by atoms with Crippen molar-refractivity contribution in [2.45, 2.75) is 32.5 Å². The lowest BCUT2D eigenvalue weighted by atomic mass is 9.94. The molecule has 2 heterocycles. The van der Waals surface area contributed by atoms with Crippen molar-refractivity contribution < 1.29 is 0 Å². The summed E-state index contributed by atoms with van der Waals surface area (Å²) < 4.78 is 0. The van der Waals surface area contributed by atoms with E-state index in [1.165, 1.54) is 16.8 Å². The molecule has 4 heteroatoms. The fourth-order valence-corrected chi connectivity index (χ4v) is 3.19. The number of likely N-dealkylation sites (N-methyl/N-ethyl adjacent to an activating group) is 2. The smallest absolute Gasteiger partial charge is 0.103 e. The number of H-pyrrole nitrogens is 1. The number of rotatable bonds is 4. The second kappa shape index (κ2) is 6.00. The van der Waals surface area contributed by atoms with Gasteiger partial charge in [0.1, 0.15) is 5.82 Å². The number of fused-ring (bicyclic) bond motifs is 1. The zero-order valence-corrected chi connectivity index (χ0v) is 13.1. The minimum Gasteiger partial charge on any atom is -0.345 e. The molecular weight excluding hydrogens is 260 g/mol. The number of nitrogens with zero attached hydrogens (tertiary/aromatic N) is 3. The first kappa shape index (κ1) is 14.3. The van der Waals surface area contributed by atoms with E-state index in [-0.39, 0.29) is 0 Å². The number of aromatic nitrogens is 2. The Bertz CT molecular complexity index is 604. The van der Waals surface area contributed by atoms with Crippen molar-refractivity contribution in [3.8, 4) is 0 Å². The molecule has 1 N–H and O–H groups in total. The first-order valence-corrected chi connectivity index (χ1v) is 7.58. The standard InChI is InChI=1S/C17H24N4/c1-13-18-9-16(19-13)11-20(2)12-17-8-14-6-4-5-7-15(14)10-21(17)3/h4-7,9,17H,8,10-12H2,1-3H3,(H,18,19). The van der Waals surface area contributed by atoms with Gasteiger partial charge in [-0.1, -0.05) is 24.3 Å². The summed E-state index contributed by atoms with van der Waals surface area (Å²) in [5.41, 5.74) is 4.17. The highest BCUT2D eigenvalue weighted by atomic mass is 15.2. The van der Waals surface area contributed by atoms with Gasteiger partial charge in [-0.25, -0.2) is 4.98 Å². The van der Waals surface area contributed by atoms with E-state index in [4.69, 9.17) is 0 Å². The molecule has 1 aromatic heterocycles. The predicted octanol–water partition coefficient (Wildman–Crippen LogP) is 2.21.